The fourth-order valence-electron chi connectivity index (χ4n) is 1.55. The van der Waals surface area contributed by atoms with Crippen molar-refractivity contribution >= 4 is 54.8 Å². The fourth-order valence-corrected chi connectivity index (χ4v) is 3.97. The monoisotopic (exact) mass is 404 g/mol. The maximum absolute atomic E-state index is 12.3. The van der Waals surface area contributed by atoms with Crippen molar-refractivity contribution in [2.24, 2.45) is 0 Å². The Morgan fingerprint density at radius 1 is 1.10 bits per heavy atom. The number of halogens is 3. The normalized spacial score (nSPS) is 11.0. The Morgan fingerprint density at radius 3 is 2.24 bits per heavy atom. The fraction of sp³-hybridized carbons (Fsp3) is 0. The van der Waals surface area contributed by atoms with Crippen LogP contribution in [0.15, 0.2) is 45.8 Å². The first kappa shape index (κ1) is 16.1. The molecule has 8 heteroatoms. The van der Waals surface area contributed by atoms with Gasteiger partial charge in [-0.25, -0.2) is 8.42 Å². The molecule has 4 nitrogen and oxygen atoms in total. The maximum Gasteiger partial charge on any atom is 0.262 e. The van der Waals surface area contributed by atoms with E-state index in [1.165, 1.54) is 36.4 Å². The van der Waals surface area contributed by atoms with Gasteiger partial charge in [0.15, 0.2) is 0 Å². The van der Waals surface area contributed by atoms with Crippen LogP contribution in [0.25, 0.3) is 0 Å². The molecule has 0 bridgehead atoms. The van der Waals surface area contributed by atoms with Crippen LogP contribution < -0.4 is 4.72 Å². The van der Waals surface area contributed by atoms with E-state index in [1.807, 2.05) is 6.07 Å². The number of nitrogens with zero attached hydrogens (tertiary/aromatic N) is 1. The van der Waals surface area contributed by atoms with Gasteiger partial charge in [-0.2, -0.15) is 5.26 Å². The van der Waals surface area contributed by atoms with E-state index in [0.717, 1.165) is 0 Å². The summed E-state index contributed by atoms with van der Waals surface area (Å²) in [7, 11) is -3.83. The molecular weight excluding hydrogens is 399 g/mol. The van der Waals surface area contributed by atoms with Gasteiger partial charge >= 0.3 is 0 Å². The number of anilines is 1. The summed E-state index contributed by atoms with van der Waals surface area (Å²) in [6.07, 6.45) is 0. The minimum Gasteiger partial charge on any atom is -0.278 e. The Balaban J connectivity index is 2.40. The van der Waals surface area contributed by atoms with E-state index in [4.69, 9.17) is 28.5 Å². The molecule has 21 heavy (non-hydrogen) atoms. The smallest absolute Gasteiger partial charge is 0.262 e. The second-order valence-electron chi connectivity index (χ2n) is 4.02. The largest absolute Gasteiger partial charge is 0.278 e. The van der Waals surface area contributed by atoms with Crippen molar-refractivity contribution in [3.8, 4) is 6.07 Å². The van der Waals surface area contributed by atoms with Crippen molar-refractivity contribution in [2.45, 2.75) is 4.90 Å². The van der Waals surface area contributed by atoms with Crippen LogP contribution in [0.2, 0.25) is 10.0 Å². The molecule has 0 fully saturated rings. The van der Waals surface area contributed by atoms with Gasteiger partial charge in [-0.1, -0.05) is 23.2 Å². The molecule has 0 aliphatic rings. The lowest BCUT2D eigenvalue weighted by molar-refractivity contribution is 0.601. The van der Waals surface area contributed by atoms with E-state index in [0.29, 0.717) is 15.7 Å². The van der Waals surface area contributed by atoms with Crippen LogP contribution in [-0.4, -0.2) is 8.42 Å². The lowest BCUT2D eigenvalue weighted by atomic mass is 10.2. The average Bonchev–Trinajstić information content (AvgIpc) is 2.40. The maximum atomic E-state index is 12.3. The predicted octanol–water partition coefficient (Wildman–Crippen LogP) is 4.43. The van der Waals surface area contributed by atoms with Gasteiger partial charge < -0.3 is 0 Å². The lowest BCUT2D eigenvalue weighted by Crippen LogP contribution is -2.13. The van der Waals surface area contributed by atoms with E-state index < -0.39 is 10.0 Å². The Morgan fingerprint density at radius 2 is 1.71 bits per heavy atom. The molecule has 0 saturated carbocycles. The van der Waals surface area contributed by atoms with Gasteiger partial charge in [0.05, 0.1) is 22.2 Å². The summed E-state index contributed by atoms with van der Waals surface area (Å²) in [5, 5.41) is 9.23. The van der Waals surface area contributed by atoms with Crippen molar-refractivity contribution in [3.63, 3.8) is 0 Å². The van der Waals surface area contributed by atoms with Crippen molar-refractivity contribution in [2.75, 3.05) is 4.72 Å². The Kier molecular flexibility index (Phi) is 4.79. The van der Waals surface area contributed by atoms with Gasteiger partial charge in [0.1, 0.15) is 0 Å². The van der Waals surface area contributed by atoms with E-state index in [-0.39, 0.29) is 14.9 Å². The first-order valence-corrected chi connectivity index (χ1v) is 8.53. The molecule has 0 spiro atoms. The average molecular weight is 406 g/mol. The zero-order valence-corrected chi connectivity index (χ0v) is 14.2. The summed E-state index contributed by atoms with van der Waals surface area (Å²) >= 11 is 14.8. The minimum absolute atomic E-state index is 0.0451. The first-order chi connectivity index (χ1) is 9.81. The van der Waals surface area contributed by atoms with Gasteiger partial charge in [0, 0.05) is 14.5 Å². The number of rotatable bonds is 3. The Hall–Kier alpha value is -1.26. The van der Waals surface area contributed by atoms with E-state index in [1.54, 1.807) is 0 Å². The van der Waals surface area contributed by atoms with Crippen LogP contribution in [-0.2, 0) is 10.0 Å². The summed E-state index contributed by atoms with van der Waals surface area (Å²) in [5.41, 5.74) is 0.723. The molecule has 0 unspecified atom stereocenters. The number of hydrogen-bond donors (Lipinski definition) is 1. The van der Waals surface area contributed by atoms with Crippen LogP contribution in [0.4, 0.5) is 5.69 Å². The number of hydrogen-bond acceptors (Lipinski definition) is 3. The van der Waals surface area contributed by atoms with Crippen molar-refractivity contribution < 1.29 is 8.42 Å². The molecule has 0 amide bonds. The molecule has 2 aromatic carbocycles. The molecule has 0 atom stereocenters. The quantitative estimate of drug-likeness (QED) is 0.820. The summed E-state index contributed by atoms with van der Waals surface area (Å²) < 4.78 is 27.5. The van der Waals surface area contributed by atoms with Gasteiger partial charge in [-0.05, 0) is 52.3 Å². The summed E-state index contributed by atoms with van der Waals surface area (Å²) in [6.45, 7) is 0. The number of nitriles is 1. The van der Waals surface area contributed by atoms with Gasteiger partial charge in [0.2, 0.25) is 0 Å². The third-order valence-corrected chi connectivity index (χ3v) is 4.93. The second-order valence-corrected chi connectivity index (χ2v) is 7.43. The molecule has 2 rings (SSSR count). The molecule has 1 N–H and O–H groups in total. The van der Waals surface area contributed by atoms with Crippen LogP contribution in [0, 0.1) is 11.3 Å². The molecule has 0 radical (unpaired) electrons. The molecule has 0 heterocycles. The van der Waals surface area contributed by atoms with Crippen molar-refractivity contribution in [3.05, 3.63) is 56.5 Å². The first-order valence-electron chi connectivity index (χ1n) is 5.50. The Labute approximate surface area is 140 Å². The third kappa shape index (κ3) is 3.89. The lowest BCUT2D eigenvalue weighted by Gasteiger charge is -2.10. The Bertz CT molecular complexity index is 827. The van der Waals surface area contributed by atoms with E-state index >= 15 is 0 Å². The zero-order chi connectivity index (χ0) is 15.6. The van der Waals surface area contributed by atoms with Gasteiger partial charge in [0.25, 0.3) is 10.0 Å². The highest BCUT2D eigenvalue weighted by Gasteiger charge is 2.17. The standard InChI is InChI=1S/C13H7BrCl2N2O2S/c14-12-3-8(7-17)1-2-13(12)18-21(19,20)11-5-9(15)4-10(16)6-11/h1-6,18H. The molecule has 0 saturated heterocycles. The second kappa shape index (κ2) is 6.24. The zero-order valence-electron chi connectivity index (χ0n) is 10.3. The summed E-state index contributed by atoms with van der Waals surface area (Å²) in [5.74, 6) is 0. The molecule has 0 aliphatic heterocycles. The number of sulfonamides is 1. The van der Waals surface area contributed by atoms with Crippen LogP contribution in [0.5, 0.6) is 0 Å². The summed E-state index contributed by atoms with van der Waals surface area (Å²) in [6, 6.07) is 10.5. The minimum atomic E-state index is -3.83. The van der Waals surface area contributed by atoms with E-state index in [2.05, 4.69) is 20.7 Å². The molecule has 2 aromatic rings. The molecule has 108 valence electrons. The van der Waals surface area contributed by atoms with Gasteiger partial charge in [-0.15, -0.1) is 0 Å². The van der Waals surface area contributed by atoms with E-state index in [9.17, 15) is 8.42 Å². The highest BCUT2D eigenvalue weighted by molar-refractivity contribution is 9.10. The summed E-state index contributed by atoms with van der Waals surface area (Å²) in [4.78, 5) is -0.0451. The number of nitrogens with one attached hydrogen (secondary N) is 1. The van der Waals surface area contributed by atoms with Crippen LogP contribution in [0.1, 0.15) is 5.56 Å². The third-order valence-electron chi connectivity index (χ3n) is 2.49. The van der Waals surface area contributed by atoms with Crippen molar-refractivity contribution in [1.29, 1.82) is 5.26 Å². The highest BCUT2D eigenvalue weighted by atomic mass is 79.9. The van der Waals surface area contributed by atoms with Gasteiger partial charge in [-0.3, -0.25) is 4.72 Å². The van der Waals surface area contributed by atoms with Crippen molar-refractivity contribution in [1.82, 2.24) is 0 Å². The number of benzene rings is 2. The predicted molar refractivity (Wildman–Crippen MR) is 86.1 cm³/mol. The van der Waals surface area contributed by atoms with Crippen LogP contribution >= 0.6 is 39.1 Å². The topological polar surface area (TPSA) is 70.0 Å². The molecular formula is C13H7BrCl2N2O2S. The molecule has 0 aliphatic carbocycles. The highest BCUT2D eigenvalue weighted by Crippen LogP contribution is 2.28. The SMILES string of the molecule is N#Cc1ccc(NS(=O)(=O)c2cc(Cl)cc(Cl)c2)c(Br)c1. The van der Waals surface area contributed by atoms with Crippen LogP contribution in [0.3, 0.4) is 0 Å². The molecule has 0 aromatic heterocycles.